The molecule has 0 bridgehead atoms. The van der Waals surface area contributed by atoms with E-state index in [4.69, 9.17) is 5.11 Å². The van der Waals surface area contributed by atoms with Crippen LogP contribution in [0.1, 0.15) is 15.9 Å². The molecule has 10 heteroatoms. The molecule has 1 aliphatic rings. The summed E-state index contributed by atoms with van der Waals surface area (Å²) in [6, 6.07) is 7.74. The standard InChI is InChI=1S/C16H10N4O6/c1-8-14(18-10-4-2-3-9(5-10)16(21)22)12-6-11(19(23)24)7-13(20(25)26)15(12)17-8/h2-7,17H,1H2,(H,21,22). The monoisotopic (exact) mass is 354 g/mol. The zero-order valence-electron chi connectivity index (χ0n) is 13.0. The van der Waals surface area contributed by atoms with Gasteiger partial charge in [-0.05, 0) is 18.2 Å². The van der Waals surface area contributed by atoms with Crippen LogP contribution in [0.2, 0.25) is 0 Å². The summed E-state index contributed by atoms with van der Waals surface area (Å²) >= 11 is 0. The highest BCUT2D eigenvalue weighted by atomic mass is 16.6. The molecule has 3 rings (SSSR count). The van der Waals surface area contributed by atoms with Gasteiger partial charge in [-0.3, -0.25) is 20.2 Å². The Bertz CT molecular complexity index is 1030. The van der Waals surface area contributed by atoms with E-state index in [-0.39, 0.29) is 33.9 Å². The number of hydrogen-bond donors (Lipinski definition) is 2. The van der Waals surface area contributed by atoms with Crippen molar-refractivity contribution in [2.45, 2.75) is 0 Å². The Hall–Kier alpha value is -4.08. The highest BCUT2D eigenvalue weighted by Gasteiger charge is 2.32. The summed E-state index contributed by atoms with van der Waals surface area (Å²) in [6.07, 6.45) is 0. The summed E-state index contributed by atoms with van der Waals surface area (Å²) in [7, 11) is 0. The first-order valence-electron chi connectivity index (χ1n) is 7.13. The lowest BCUT2D eigenvalue weighted by atomic mass is 10.1. The first kappa shape index (κ1) is 16.8. The molecule has 2 aromatic rings. The lowest BCUT2D eigenvalue weighted by Gasteiger charge is -2.02. The van der Waals surface area contributed by atoms with Crippen molar-refractivity contribution in [1.82, 2.24) is 0 Å². The predicted molar refractivity (Wildman–Crippen MR) is 92.1 cm³/mol. The third-order valence-electron chi connectivity index (χ3n) is 3.66. The number of nitrogens with zero attached hydrogens (tertiary/aromatic N) is 3. The van der Waals surface area contributed by atoms with Crippen molar-refractivity contribution in [3.05, 3.63) is 80.0 Å². The fourth-order valence-corrected chi connectivity index (χ4v) is 2.52. The van der Waals surface area contributed by atoms with Gasteiger partial charge in [-0.25, -0.2) is 9.79 Å². The zero-order valence-corrected chi connectivity index (χ0v) is 13.0. The molecular weight excluding hydrogens is 344 g/mol. The molecule has 0 saturated heterocycles. The van der Waals surface area contributed by atoms with E-state index in [1.54, 1.807) is 0 Å². The number of carboxylic acid groups (broad SMARTS) is 1. The molecule has 0 atom stereocenters. The van der Waals surface area contributed by atoms with Crippen LogP contribution in [-0.2, 0) is 0 Å². The Morgan fingerprint density at radius 3 is 2.50 bits per heavy atom. The number of nitrogens with one attached hydrogen (secondary N) is 1. The Balaban J connectivity index is 2.20. The molecule has 0 unspecified atom stereocenters. The molecule has 1 aliphatic heterocycles. The maximum Gasteiger partial charge on any atom is 0.335 e. The molecular formula is C16H10N4O6. The van der Waals surface area contributed by atoms with Gasteiger partial charge in [-0.15, -0.1) is 0 Å². The number of anilines is 1. The van der Waals surface area contributed by atoms with Gasteiger partial charge in [0.15, 0.2) is 0 Å². The minimum Gasteiger partial charge on any atom is -0.478 e. The lowest BCUT2D eigenvalue weighted by Crippen LogP contribution is -2.00. The van der Waals surface area contributed by atoms with E-state index in [1.807, 2.05) is 0 Å². The van der Waals surface area contributed by atoms with E-state index in [0.29, 0.717) is 0 Å². The van der Waals surface area contributed by atoms with Gasteiger partial charge in [0.2, 0.25) is 0 Å². The topological polar surface area (TPSA) is 148 Å². The van der Waals surface area contributed by atoms with Gasteiger partial charge in [0.1, 0.15) is 5.69 Å². The Labute approximate surface area is 145 Å². The lowest BCUT2D eigenvalue weighted by molar-refractivity contribution is -0.393. The second-order valence-electron chi connectivity index (χ2n) is 5.32. The van der Waals surface area contributed by atoms with Crippen LogP contribution in [0.4, 0.5) is 22.7 Å². The molecule has 0 fully saturated rings. The summed E-state index contributed by atoms with van der Waals surface area (Å²) in [5.41, 5.74) is -0.0775. The van der Waals surface area contributed by atoms with E-state index in [2.05, 4.69) is 16.9 Å². The third kappa shape index (κ3) is 2.86. The molecule has 0 aromatic heterocycles. The number of aliphatic imine (C=N–C) groups is 1. The predicted octanol–water partition coefficient (Wildman–Crippen LogP) is 3.26. The highest BCUT2D eigenvalue weighted by Crippen LogP contribution is 2.40. The van der Waals surface area contributed by atoms with E-state index in [0.717, 1.165) is 12.1 Å². The van der Waals surface area contributed by atoms with Gasteiger partial charge in [0.25, 0.3) is 11.4 Å². The van der Waals surface area contributed by atoms with Gasteiger partial charge < -0.3 is 10.4 Å². The van der Waals surface area contributed by atoms with Crippen molar-refractivity contribution in [3.8, 4) is 0 Å². The summed E-state index contributed by atoms with van der Waals surface area (Å²) < 4.78 is 0. The van der Waals surface area contributed by atoms with E-state index < -0.39 is 27.2 Å². The molecule has 0 aliphatic carbocycles. The number of nitro groups is 2. The first-order chi connectivity index (χ1) is 12.3. The zero-order chi connectivity index (χ0) is 19.0. The van der Waals surface area contributed by atoms with E-state index in [1.165, 1.54) is 24.3 Å². The molecule has 10 nitrogen and oxygen atoms in total. The largest absolute Gasteiger partial charge is 0.478 e. The number of benzene rings is 2. The fraction of sp³-hybridized carbons (Fsp3) is 0. The Morgan fingerprint density at radius 2 is 1.88 bits per heavy atom. The Kier molecular flexibility index (Phi) is 3.93. The number of carboxylic acids is 1. The molecule has 0 spiro atoms. The van der Waals surface area contributed by atoms with Crippen LogP contribution in [0.5, 0.6) is 0 Å². The van der Waals surface area contributed by atoms with Crippen LogP contribution in [0.3, 0.4) is 0 Å². The smallest absolute Gasteiger partial charge is 0.335 e. The maximum atomic E-state index is 11.2. The normalized spacial score (nSPS) is 14.0. The quantitative estimate of drug-likeness (QED) is 0.632. The molecule has 0 radical (unpaired) electrons. The van der Waals surface area contributed by atoms with Crippen LogP contribution in [0.25, 0.3) is 0 Å². The molecule has 26 heavy (non-hydrogen) atoms. The second kappa shape index (κ2) is 6.09. The number of rotatable bonds is 4. The average molecular weight is 354 g/mol. The number of carbonyl (C=O) groups is 1. The highest BCUT2D eigenvalue weighted by molar-refractivity contribution is 6.23. The van der Waals surface area contributed by atoms with Crippen molar-refractivity contribution in [1.29, 1.82) is 0 Å². The Morgan fingerprint density at radius 1 is 1.15 bits per heavy atom. The van der Waals surface area contributed by atoms with Crippen molar-refractivity contribution >= 4 is 34.4 Å². The van der Waals surface area contributed by atoms with Gasteiger partial charge in [-0.2, -0.15) is 0 Å². The molecule has 2 aromatic carbocycles. The SMILES string of the molecule is C=C1Nc2c(cc([N+](=O)[O-])cc2[N+](=O)[O-])C1=Nc1cccc(C(=O)O)c1. The minimum absolute atomic E-state index is 0.00802. The summed E-state index contributed by atoms with van der Waals surface area (Å²) in [4.78, 5) is 36.2. The number of nitro benzene ring substituents is 2. The minimum atomic E-state index is -1.14. The molecule has 1 heterocycles. The number of hydrogen-bond acceptors (Lipinski definition) is 7. The van der Waals surface area contributed by atoms with E-state index >= 15 is 0 Å². The second-order valence-corrected chi connectivity index (χ2v) is 5.32. The van der Waals surface area contributed by atoms with Crippen LogP contribution in [-0.4, -0.2) is 26.6 Å². The average Bonchev–Trinajstić information content (AvgIpc) is 2.89. The molecule has 2 N–H and O–H groups in total. The first-order valence-corrected chi connectivity index (χ1v) is 7.13. The van der Waals surface area contributed by atoms with Crippen molar-refractivity contribution < 1.29 is 19.7 Å². The van der Waals surface area contributed by atoms with Crippen molar-refractivity contribution in [3.63, 3.8) is 0 Å². The van der Waals surface area contributed by atoms with Gasteiger partial charge in [-0.1, -0.05) is 12.6 Å². The van der Waals surface area contributed by atoms with Crippen LogP contribution >= 0.6 is 0 Å². The maximum absolute atomic E-state index is 11.2. The van der Waals surface area contributed by atoms with Crippen molar-refractivity contribution in [2.24, 2.45) is 4.99 Å². The number of fused-ring (bicyclic) bond motifs is 1. The molecule has 130 valence electrons. The van der Waals surface area contributed by atoms with Crippen LogP contribution in [0.15, 0.2) is 53.7 Å². The summed E-state index contributed by atoms with van der Waals surface area (Å²) in [5.74, 6) is -1.14. The number of allylic oxidation sites excluding steroid dienone is 1. The third-order valence-corrected chi connectivity index (χ3v) is 3.66. The number of non-ortho nitro benzene ring substituents is 1. The van der Waals surface area contributed by atoms with Gasteiger partial charge >= 0.3 is 5.97 Å². The summed E-state index contributed by atoms with van der Waals surface area (Å²) in [5, 5.41) is 34.1. The molecule has 0 amide bonds. The van der Waals surface area contributed by atoms with Crippen LogP contribution < -0.4 is 5.32 Å². The van der Waals surface area contributed by atoms with Gasteiger partial charge in [0.05, 0.1) is 38.6 Å². The number of aromatic carboxylic acids is 1. The fourth-order valence-electron chi connectivity index (χ4n) is 2.52. The van der Waals surface area contributed by atoms with Crippen molar-refractivity contribution in [2.75, 3.05) is 5.32 Å². The van der Waals surface area contributed by atoms with E-state index in [9.17, 15) is 25.0 Å². The van der Waals surface area contributed by atoms with Gasteiger partial charge in [0, 0.05) is 11.6 Å². The van der Waals surface area contributed by atoms with Crippen LogP contribution in [0, 0.1) is 20.2 Å². The molecule has 0 saturated carbocycles. The summed E-state index contributed by atoms with van der Waals surface area (Å²) in [6.45, 7) is 3.73.